The number of carbonyl (C=O) groups excluding carboxylic acids is 1. The van der Waals surface area contributed by atoms with Gasteiger partial charge < -0.3 is 29.3 Å². The van der Waals surface area contributed by atoms with Crippen LogP contribution in [0.3, 0.4) is 0 Å². The molecule has 3 aromatic rings. The van der Waals surface area contributed by atoms with E-state index in [2.05, 4.69) is 4.98 Å². The topological polar surface area (TPSA) is 95.4 Å². The Kier molecular flexibility index (Phi) is 9.98. The molecule has 2 aromatic carbocycles. The molecule has 0 unspecified atom stereocenters. The molecule has 1 amide bonds. The van der Waals surface area contributed by atoms with Crippen molar-refractivity contribution < 1.29 is 41.7 Å². The van der Waals surface area contributed by atoms with Crippen LogP contribution in [0.25, 0.3) is 0 Å². The number of alkyl halides is 4. The first-order chi connectivity index (χ1) is 23.8. The third-order valence-electron chi connectivity index (χ3n) is 10.5. The number of halogens is 4. The van der Waals surface area contributed by atoms with E-state index in [1.807, 2.05) is 22.8 Å². The van der Waals surface area contributed by atoms with E-state index in [-0.39, 0.29) is 39.3 Å². The van der Waals surface area contributed by atoms with Gasteiger partial charge in [-0.15, -0.1) is 0 Å². The molecule has 13 heteroatoms. The van der Waals surface area contributed by atoms with E-state index in [0.717, 1.165) is 23.5 Å². The van der Waals surface area contributed by atoms with E-state index in [1.54, 1.807) is 43.6 Å². The van der Waals surface area contributed by atoms with Gasteiger partial charge in [0, 0.05) is 68.4 Å². The number of anilines is 2. The van der Waals surface area contributed by atoms with Gasteiger partial charge in [0.25, 0.3) is 5.91 Å². The van der Waals surface area contributed by atoms with Crippen molar-refractivity contribution in [1.82, 2.24) is 9.88 Å². The van der Waals surface area contributed by atoms with Crippen molar-refractivity contribution in [2.75, 3.05) is 63.4 Å². The highest BCUT2D eigenvalue weighted by Gasteiger charge is 2.57. The Morgan fingerprint density at radius 2 is 1.72 bits per heavy atom. The molecule has 268 valence electrons. The lowest BCUT2D eigenvalue weighted by Crippen LogP contribution is -2.52. The van der Waals surface area contributed by atoms with Gasteiger partial charge in [0.2, 0.25) is 5.67 Å². The van der Waals surface area contributed by atoms with Gasteiger partial charge >= 0.3 is 12.1 Å². The minimum atomic E-state index is -4.58. The summed E-state index contributed by atoms with van der Waals surface area (Å²) in [4.78, 5) is 35.7. The van der Waals surface area contributed by atoms with E-state index < -0.39 is 53.1 Å². The highest BCUT2D eigenvalue weighted by molar-refractivity contribution is 5.89. The molecule has 3 aliphatic rings. The number of ether oxygens (including phenoxy) is 2. The summed E-state index contributed by atoms with van der Waals surface area (Å²) in [7, 11) is 3.04. The van der Waals surface area contributed by atoms with Crippen molar-refractivity contribution in [1.29, 1.82) is 0 Å². The lowest BCUT2D eigenvalue weighted by molar-refractivity contribution is -0.145. The molecule has 1 N–H and O–H groups in total. The summed E-state index contributed by atoms with van der Waals surface area (Å²) in [6, 6.07) is 13.8. The quantitative estimate of drug-likeness (QED) is 0.270. The van der Waals surface area contributed by atoms with Crippen molar-refractivity contribution in [3.63, 3.8) is 0 Å². The number of aryl methyl sites for hydroxylation is 1. The Hall–Kier alpha value is -4.39. The molecule has 0 saturated carbocycles. The lowest BCUT2D eigenvalue weighted by Gasteiger charge is -2.35. The van der Waals surface area contributed by atoms with Crippen molar-refractivity contribution >= 4 is 23.3 Å². The van der Waals surface area contributed by atoms with Crippen LogP contribution in [0.15, 0.2) is 60.8 Å². The molecule has 1 aromatic heterocycles. The summed E-state index contributed by atoms with van der Waals surface area (Å²) in [5.41, 5.74) is -0.0186. The molecule has 6 rings (SSSR count). The number of likely N-dealkylation sites (tertiary alicyclic amines) is 1. The van der Waals surface area contributed by atoms with E-state index in [4.69, 9.17) is 9.47 Å². The zero-order valence-corrected chi connectivity index (χ0v) is 28.3. The normalized spacial score (nSPS) is 24.5. The van der Waals surface area contributed by atoms with Gasteiger partial charge in [0.1, 0.15) is 5.75 Å². The second-order valence-corrected chi connectivity index (χ2v) is 13.6. The Morgan fingerprint density at radius 1 is 1.00 bits per heavy atom. The van der Waals surface area contributed by atoms with Crippen molar-refractivity contribution in [2.45, 2.75) is 55.9 Å². The van der Waals surface area contributed by atoms with Crippen molar-refractivity contribution in [3.8, 4) is 5.75 Å². The number of benzene rings is 2. The zero-order chi connectivity index (χ0) is 35.8. The molecular weight excluding hydrogens is 656 g/mol. The van der Waals surface area contributed by atoms with Crippen molar-refractivity contribution in [2.24, 2.45) is 5.92 Å². The monoisotopic (exact) mass is 698 g/mol. The smallest absolute Gasteiger partial charge is 0.416 e. The number of piperidine rings is 1. The number of hydrogen-bond donors (Lipinski definition) is 1. The minimum Gasteiger partial charge on any atom is -0.497 e. The largest absolute Gasteiger partial charge is 0.497 e. The van der Waals surface area contributed by atoms with E-state index >= 15 is 4.39 Å². The predicted molar refractivity (Wildman–Crippen MR) is 180 cm³/mol. The summed E-state index contributed by atoms with van der Waals surface area (Å²) in [5.74, 6) is -2.80. The highest BCUT2D eigenvalue weighted by atomic mass is 19.4. The SMILES string of the molecule is COC[C@@H]1C[C@@H](c2ccc(C(F)(F)F)cc2N2CCC(C(=O)O)CC2)CN1C(=O)[C@]1(F)CN(c2ccnc(C)c2)C[C@H]1c1ccc(OC)cc1. The predicted octanol–water partition coefficient (Wildman–Crippen LogP) is 6.06. The molecule has 0 radical (unpaired) electrons. The second-order valence-electron chi connectivity index (χ2n) is 13.6. The summed E-state index contributed by atoms with van der Waals surface area (Å²) >= 11 is 0. The van der Waals surface area contributed by atoms with Gasteiger partial charge in [-0.25, -0.2) is 4.39 Å². The fraction of sp³-hybridized carbons (Fsp3) is 0.486. The fourth-order valence-corrected chi connectivity index (χ4v) is 7.85. The lowest BCUT2D eigenvalue weighted by atomic mass is 9.85. The molecule has 3 aliphatic heterocycles. The molecule has 0 spiro atoms. The van der Waals surface area contributed by atoms with Gasteiger partial charge in [-0.2, -0.15) is 13.2 Å². The van der Waals surface area contributed by atoms with E-state index in [1.165, 1.54) is 18.1 Å². The van der Waals surface area contributed by atoms with Gasteiger partial charge in [-0.3, -0.25) is 14.6 Å². The summed E-state index contributed by atoms with van der Waals surface area (Å²) < 4.78 is 70.4. The van der Waals surface area contributed by atoms with Gasteiger partial charge in [-0.05, 0) is 73.7 Å². The molecular formula is C37H42F4N4O5. The molecule has 0 aliphatic carbocycles. The number of pyridine rings is 1. The van der Waals surface area contributed by atoms with Crippen LogP contribution < -0.4 is 14.5 Å². The van der Waals surface area contributed by atoms with E-state index in [0.29, 0.717) is 41.8 Å². The van der Waals surface area contributed by atoms with Crippen LogP contribution >= 0.6 is 0 Å². The standard InChI is InChI=1S/C37H42F4N4O5/c1-23-16-28(10-13-42-23)44-20-32(24-4-7-30(50-3)8-5-24)36(38,22-44)35(48)45-19-26(17-29(45)21-49-2)31-9-6-27(37(39,40)41)18-33(31)43-14-11-25(12-15-43)34(46)47/h4-10,13,16,18,25-26,29,32H,11-12,14-15,17,19-22H2,1-3H3,(H,46,47)/t26-,29+,32+,36+/m1/s1. The maximum absolute atomic E-state index is 17.8. The second kappa shape index (κ2) is 14.1. The number of methoxy groups -OCH3 is 2. The third kappa shape index (κ3) is 6.97. The number of hydrogen-bond acceptors (Lipinski definition) is 7. The molecule has 3 fully saturated rings. The number of aliphatic carboxylic acids is 1. The number of amides is 1. The van der Waals surface area contributed by atoms with Crippen LogP contribution in [0.5, 0.6) is 5.75 Å². The van der Waals surface area contributed by atoms with Gasteiger partial charge in [0.05, 0.1) is 37.8 Å². The Morgan fingerprint density at radius 3 is 2.34 bits per heavy atom. The minimum absolute atomic E-state index is 0.0895. The number of nitrogens with zero attached hydrogens (tertiary/aromatic N) is 4. The molecule has 3 saturated heterocycles. The number of carboxylic acids is 1. The third-order valence-corrected chi connectivity index (χ3v) is 10.5. The summed E-state index contributed by atoms with van der Waals surface area (Å²) in [6.07, 6.45) is -1.96. The number of carboxylic acid groups (broad SMARTS) is 1. The van der Waals surface area contributed by atoms with E-state index in [9.17, 15) is 27.9 Å². The van der Waals surface area contributed by atoms with Gasteiger partial charge in [-0.1, -0.05) is 18.2 Å². The molecule has 0 bridgehead atoms. The summed E-state index contributed by atoms with van der Waals surface area (Å²) in [5, 5.41) is 9.49. The molecule has 4 heterocycles. The van der Waals surface area contributed by atoms with Crippen LogP contribution in [0.1, 0.15) is 53.5 Å². The first-order valence-electron chi connectivity index (χ1n) is 16.8. The van der Waals surface area contributed by atoms with Crippen LogP contribution in [0.2, 0.25) is 0 Å². The molecule has 50 heavy (non-hydrogen) atoms. The van der Waals surface area contributed by atoms with Crippen LogP contribution in [0.4, 0.5) is 28.9 Å². The first-order valence-corrected chi connectivity index (χ1v) is 16.8. The Labute approximate surface area is 288 Å². The van der Waals surface area contributed by atoms with Crippen LogP contribution in [-0.4, -0.2) is 92.1 Å². The number of rotatable bonds is 9. The Bertz CT molecular complexity index is 1700. The summed E-state index contributed by atoms with van der Waals surface area (Å²) in [6.45, 7) is 2.66. The zero-order valence-electron chi connectivity index (χ0n) is 28.3. The average molecular weight is 699 g/mol. The maximum atomic E-state index is 17.8. The maximum Gasteiger partial charge on any atom is 0.416 e. The molecule has 9 nitrogen and oxygen atoms in total. The Balaban J connectivity index is 1.34. The molecule has 4 atom stereocenters. The average Bonchev–Trinajstić information content (AvgIpc) is 3.69. The number of carbonyl (C=O) groups is 2. The fourth-order valence-electron chi connectivity index (χ4n) is 7.85. The first kappa shape index (κ1) is 35.4. The van der Waals surface area contributed by atoms with Crippen LogP contribution in [-0.2, 0) is 20.5 Å². The number of aromatic nitrogens is 1. The van der Waals surface area contributed by atoms with Crippen LogP contribution in [0, 0.1) is 12.8 Å². The van der Waals surface area contributed by atoms with Gasteiger partial charge in [0.15, 0.2) is 0 Å². The highest BCUT2D eigenvalue weighted by Crippen LogP contribution is 2.46. The van der Waals surface area contributed by atoms with Crippen molar-refractivity contribution in [3.05, 3.63) is 83.2 Å².